The lowest BCUT2D eigenvalue weighted by molar-refractivity contribution is -0.0211. The molecule has 0 radical (unpaired) electrons. The Morgan fingerprint density at radius 3 is 2.35 bits per heavy atom. The molecule has 0 fully saturated rings. The largest absolute Gasteiger partial charge is 0.371 e. The van der Waals surface area contributed by atoms with Gasteiger partial charge in [0.25, 0.3) is 10.1 Å². The third-order valence-electron chi connectivity index (χ3n) is 2.48. The number of rotatable bonds is 6. The van der Waals surface area contributed by atoms with Crippen LogP contribution < -0.4 is 0 Å². The highest BCUT2D eigenvalue weighted by atomic mass is 32.2. The summed E-state index contributed by atoms with van der Waals surface area (Å²) in [5.41, 5.74) is 0.576. The second kappa shape index (κ2) is 5.62. The quantitative estimate of drug-likeness (QED) is 0.627. The lowest BCUT2D eigenvalue weighted by atomic mass is 9.98. The standard InChI is InChI=1S/C12H18O4S/c1-12(2,11-7-4-3-5-8-11)16-9-6-10-17(13,14)15/h3-5,7-8H,6,9-10H2,1-2H3,(H,13,14,15). The molecule has 0 aliphatic carbocycles. The molecular weight excluding hydrogens is 240 g/mol. The number of hydrogen-bond donors (Lipinski definition) is 1. The highest BCUT2D eigenvalue weighted by Gasteiger charge is 2.20. The van der Waals surface area contributed by atoms with Gasteiger partial charge in [0, 0.05) is 6.61 Å². The maximum Gasteiger partial charge on any atom is 0.264 e. The normalized spacial score (nSPS) is 12.6. The van der Waals surface area contributed by atoms with Crippen LogP contribution in [0.15, 0.2) is 30.3 Å². The first kappa shape index (κ1) is 14.2. The molecule has 0 spiro atoms. The van der Waals surface area contributed by atoms with Crippen molar-refractivity contribution in [3.63, 3.8) is 0 Å². The summed E-state index contributed by atoms with van der Waals surface area (Å²) < 4.78 is 35.3. The number of ether oxygens (including phenoxy) is 1. The molecular formula is C12H18O4S. The summed E-state index contributed by atoms with van der Waals surface area (Å²) in [7, 11) is -3.89. The van der Waals surface area contributed by atoms with Crippen LogP contribution in [0.3, 0.4) is 0 Å². The minimum atomic E-state index is -3.89. The van der Waals surface area contributed by atoms with E-state index in [4.69, 9.17) is 9.29 Å². The summed E-state index contributed by atoms with van der Waals surface area (Å²) >= 11 is 0. The smallest absolute Gasteiger partial charge is 0.264 e. The first-order valence-corrected chi connectivity index (χ1v) is 7.07. The van der Waals surface area contributed by atoms with E-state index in [1.165, 1.54) is 0 Å². The van der Waals surface area contributed by atoms with Crippen LogP contribution in [0, 0.1) is 0 Å². The van der Waals surface area contributed by atoms with Gasteiger partial charge >= 0.3 is 0 Å². The van der Waals surface area contributed by atoms with Gasteiger partial charge in [0.2, 0.25) is 0 Å². The molecule has 0 amide bonds. The second-order valence-electron chi connectivity index (χ2n) is 4.36. The molecule has 0 aliphatic heterocycles. The molecule has 0 aromatic heterocycles. The molecule has 17 heavy (non-hydrogen) atoms. The van der Waals surface area contributed by atoms with Crippen LogP contribution in [0.5, 0.6) is 0 Å². The molecule has 1 aromatic carbocycles. The van der Waals surface area contributed by atoms with E-state index in [-0.39, 0.29) is 12.2 Å². The van der Waals surface area contributed by atoms with Gasteiger partial charge in [0.05, 0.1) is 11.4 Å². The molecule has 0 saturated heterocycles. The summed E-state index contributed by atoms with van der Waals surface area (Å²) in [4.78, 5) is 0. The second-order valence-corrected chi connectivity index (χ2v) is 5.94. The molecule has 5 heteroatoms. The Kier molecular flexibility index (Phi) is 4.68. The monoisotopic (exact) mass is 258 g/mol. The molecule has 0 heterocycles. The van der Waals surface area contributed by atoms with Crippen molar-refractivity contribution in [1.82, 2.24) is 0 Å². The van der Waals surface area contributed by atoms with Gasteiger partial charge in [-0.15, -0.1) is 0 Å². The van der Waals surface area contributed by atoms with Crippen molar-refractivity contribution in [2.75, 3.05) is 12.4 Å². The van der Waals surface area contributed by atoms with E-state index in [0.717, 1.165) is 5.56 Å². The maximum atomic E-state index is 10.5. The highest BCUT2D eigenvalue weighted by molar-refractivity contribution is 7.85. The van der Waals surface area contributed by atoms with Crippen molar-refractivity contribution in [3.8, 4) is 0 Å². The van der Waals surface area contributed by atoms with Crippen molar-refractivity contribution in [1.29, 1.82) is 0 Å². The summed E-state index contributed by atoms with van der Waals surface area (Å²) in [6.45, 7) is 4.15. The zero-order valence-electron chi connectivity index (χ0n) is 10.1. The summed E-state index contributed by atoms with van der Waals surface area (Å²) in [5.74, 6) is -0.266. The van der Waals surface area contributed by atoms with Gasteiger partial charge in [-0.2, -0.15) is 8.42 Å². The van der Waals surface area contributed by atoms with E-state index in [9.17, 15) is 8.42 Å². The van der Waals surface area contributed by atoms with E-state index >= 15 is 0 Å². The average Bonchev–Trinajstić information content (AvgIpc) is 2.25. The van der Waals surface area contributed by atoms with Gasteiger partial charge < -0.3 is 4.74 Å². The molecule has 1 N–H and O–H groups in total. The summed E-state index contributed by atoms with van der Waals surface area (Å²) in [5, 5.41) is 0. The van der Waals surface area contributed by atoms with Crippen LogP contribution in [0.2, 0.25) is 0 Å². The van der Waals surface area contributed by atoms with Crippen LogP contribution in [0.1, 0.15) is 25.8 Å². The molecule has 0 saturated carbocycles. The minimum absolute atomic E-state index is 0.266. The van der Waals surface area contributed by atoms with Crippen molar-refractivity contribution in [3.05, 3.63) is 35.9 Å². The van der Waals surface area contributed by atoms with Crippen LogP contribution in [0.25, 0.3) is 0 Å². The SMILES string of the molecule is CC(C)(OCCCS(=O)(=O)O)c1ccccc1. The fourth-order valence-electron chi connectivity index (χ4n) is 1.49. The lowest BCUT2D eigenvalue weighted by Crippen LogP contribution is -2.23. The van der Waals surface area contributed by atoms with E-state index in [1.54, 1.807) is 0 Å². The van der Waals surface area contributed by atoms with Crippen LogP contribution in [0.4, 0.5) is 0 Å². The van der Waals surface area contributed by atoms with Gasteiger partial charge in [-0.1, -0.05) is 30.3 Å². The van der Waals surface area contributed by atoms with Gasteiger partial charge in [0.1, 0.15) is 0 Å². The van der Waals surface area contributed by atoms with Gasteiger partial charge in [-0.25, -0.2) is 0 Å². The first-order chi connectivity index (χ1) is 7.81. The zero-order chi connectivity index (χ0) is 12.9. The highest BCUT2D eigenvalue weighted by Crippen LogP contribution is 2.24. The molecule has 0 unspecified atom stereocenters. The Hall–Kier alpha value is -0.910. The average molecular weight is 258 g/mol. The Morgan fingerprint density at radius 2 is 1.82 bits per heavy atom. The molecule has 4 nitrogen and oxygen atoms in total. The van der Waals surface area contributed by atoms with Gasteiger partial charge in [-0.05, 0) is 25.8 Å². The van der Waals surface area contributed by atoms with E-state index < -0.39 is 15.7 Å². The van der Waals surface area contributed by atoms with Crippen molar-refractivity contribution >= 4 is 10.1 Å². The molecule has 1 rings (SSSR count). The predicted molar refractivity (Wildman–Crippen MR) is 66.5 cm³/mol. The van der Waals surface area contributed by atoms with E-state index in [2.05, 4.69) is 0 Å². The predicted octanol–water partition coefficient (Wildman–Crippen LogP) is 2.22. The molecule has 0 atom stereocenters. The van der Waals surface area contributed by atoms with Crippen molar-refractivity contribution in [2.24, 2.45) is 0 Å². The van der Waals surface area contributed by atoms with Crippen LogP contribution in [-0.4, -0.2) is 25.3 Å². The molecule has 0 bridgehead atoms. The third kappa shape index (κ3) is 5.30. The van der Waals surface area contributed by atoms with E-state index in [1.807, 2.05) is 44.2 Å². The van der Waals surface area contributed by atoms with E-state index in [0.29, 0.717) is 6.61 Å². The fourth-order valence-corrected chi connectivity index (χ4v) is 1.97. The molecule has 0 aliphatic rings. The summed E-state index contributed by atoms with van der Waals surface area (Å²) in [6, 6.07) is 9.71. The Morgan fingerprint density at radius 1 is 1.24 bits per heavy atom. The van der Waals surface area contributed by atoms with Crippen molar-refractivity contribution < 1.29 is 17.7 Å². The minimum Gasteiger partial charge on any atom is -0.371 e. The zero-order valence-corrected chi connectivity index (χ0v) is 10.9. The van der Waals surface area contributed by atoms with Gasteiger partial charge in [0.15, 0.2) is 0 Å². The van der Waals surface area contributed by atoms with Crippen molar-refractivity contribution in [2.45, 2.75) is 25.9 Å². The van der Waals surface area contributed by atoms with Crippen LogP contribution in [-0.2, 0) is 20.5 Å². The molecule has 1 aromatic rings. The molecule has 96 valence electrons. The maximum absolute atomic E-state index is 10.5. The Bertz CT molecular complexity index is 437. The van der Waals surface area contributed by atoms with Crippen LogP contribution >= 0.6 is 0 Å². The third-order valence-corrected chi connectivity index (χ3v) is 3.28. The number of benzene rings is 1. The summed E-state index contributed by atoms with van der Waals surface area (Å²) in [6.07, 6.45) is 0.287. The lowest BCUT2D eigenvalue weighted by Gasteiger charge is -2.25. The Balaban J connectivity index is 2.46. The Labute approximate surface area is 102 Å². The van der Waals surface area contributed by atoms with Gasteiger partial charge in [-0.3, -0.25) is 4.55 Å². The topological polar surface area (TPSA) is 63.6 Å². The fraction of sp³-hybridized carbons (Fsp3) is 0.500. The number of hydrogen-bond acceptors (Lipinski definition) is 3. The first-order valence-electron chi connectivity index (χ1n) is 5.46.